The SMILES string of the molecule is CCCCCCCCCCCNC(=S)Nc1cc(Cl)ccc1Cl. The topological polar surface area (TPSA) is 24.1 Å². The Kier molecular flexibility index (Phi) is 11.5. The summed E-state index contributed by atoms with van der Waals surface area (Å²) in [6.07, 6.45) is 11.9. The summed E-state index contributed by atoms with van der Waals surface area (Å²) in [4.78, 5) is 0. The van der Waals surface area contributed by atoms with Crippen LogP contribution < -0.4 is 10.6 Å². The summed E-state index contributed by atoms with van der Waals surface area (Å²) in [5.74, 6) is 0. The van der Waals surface area contributed by atoms with Crippen molar-refractivity contribution in [3.63, 3.8) is 0 Å². The van der Waals surface area contributed by atoms with Crippen LogP contribution in [0.25, 0.3) is 0 Å². The molecule has 1 rings (SSSR count). The maximum Gasteiger partial charge on any atom is 0.170 e. The van der Waals surface area contributed by atoms with Crippen LogP contribution in [0.3, 0.4) is 0 Å². The van der Waals surface area contributed by atoms with Crippen molar-refractivity contribution < 1.29 is 0 Å². The molecule has 130 valence electrons. The van der Waals surface area contributed by atoms with E-state index in [-0.39, 0.29) is 0 Å². The molecule has 0 saturated carbocycles. The predicted octanol–water partition coefficient (Wildman–Crippen LogP) is 6.81. The molecule has 0 spiro atoms. The van der Waals surface area contributed by atoms with Crippen LogP contribution in [0.4, 0.5) is 5.69 Å². The molecule has 0 aromatic heterocycles. The van der Waals surface area contributed by atoms with Crippen molar-refractivity contribution in [3.05, 3.63) is 28.2 Å². The van der Waals surface area contributed by atoms with Crippen LogP contribution in [0.1, 0.15) is 64.7 Å². The van der Waals surface area contributed by atoms with Gasteiger partial charge in [-0.15, -0.1) is 0 Å². The van der Waals surface area contributed by atoms with Crippen LogP contribution in [0.15, 0.2) is 18.2 Å². The molecule has 1 aromatic carbocycles. The minimum absolute atomic E-state index is 0.591. The third kappa shape index (κ3) is 10.1. The second kappa shape index (κ2) is 12.9. The number of hydrogen-bond acceptors (Lipinski definition) is 1. The van der Waals surface area contributed by atoms with Gasteiger partial charge in [-0.2, -0.15) is 0 Å². The highest BCUT2D eigenvalue weighted by atomic mass is 35.5. The van der Waals surface area contributed by atoms with Gasteiger partial charge in [-0.3, -0.25) is 0 Å². The Bertz CT molecular complexity index is 466. The molecule has 0 heterocycles. The Hall–Kier alpha value is -0.510. The van der Waals surface area contributed by atoms with Crippen LogP contribution in [-0.4, -0.2) is 11.7 Å². The molecule has 2 N–H and O–H groups in total. The minimum Gasteiger partial charge on any atom is -0.362 e. The van der Waals surface area contributed by atoms with Gasteiger partial charge >= 0.3 is 0 Å². The second-order valence-corrected chi connectivity index (χ2v) is 7.09. The number of rotatable bonds is 11. The summed E-state index contributed by atoms with van der Waals surface area (Å²) in [6.45, 7) is 3.15. The van der Waals surface area contributed by atoms with Crippen molar-refractivity contribution in [2.45, 2.75) is 64.7 Å². The van der Waals surface area contributed by atoms with Gasteiger partial charge in [0.15, 0.2) is 5.11 Å². The van der Waals surface area contributed by atoms with Crippen LogP contribution in [0.2, 0.25) is 10.0 Å². The fourth-order valence-corrected chi connectivity index (χ4v) is 2.95. The molecule has 0 saturated heterocycles. The number of unbranched alkanes of at least 4 members (excludes halogenated alkanes) is 8. The van der Waals surface area contributed by atoms with Gasteiger partial charge in [0.2, 0.25) is 0 Å². The zero-order valence-electron chi connectivity index (χ0n) is 14.0. The van der Waals surface area contributed by atoms with Gasteiger partial charge < -0.3 is 10.6 Å². The first-order chi connectivity index (χ1) is 11.1. The third-order valence-corrected chi connectivity index (χ3v) is 4.55. The fraction of sp³-hybridized carbons (Fsp3) is 0.611. The molecule has 0 unspecified atom stereocenters. The summed E-state index contributed by atoms with van der Waals surface area (Å²) < 4.78 is 0. The van der Waals surface area contributed by atoms with E-state index in [0.29, 0.717) is 15.2 Å². The van der Waals surface area contributed by atoms with Gasteiger partial charge in [0.1, 0.15) is 0 Å². The van der Waals surface area contributed by atoms with Crippen LogP contribution >= 0.6 is 35.4 Å². The molecule has 0 aliphatic carbocycles. The lowest BCUT2D eigenvalue weighted by atomic mass is 10.1. The van der Waals surface area contributed by atoms with Gasteiger partial charge in [0.05, 0.1) is 10.7 Å². The third-order valence-electron chi connectivity index (χ3n) is 3.74. The van der Waals surface area contributed by atoms with Crippen LogP contribution in [0.5, 0.6) is 0 Å². The summed E-state index contributed by atoms with van der Waals surface area (Å²) in [5.41, 5.74) is 0.740. The quantitative estimate of drug-likeness (QED) is 0.328. The molecule has 0 aliphatic heterocycles. The first-order valence-electron chi connectivity index (χ1n) is 8.63. The lowest BCUT2D eigenvalue weighted by Gasteiger charge is -2.12. The Balaban J connectivity index is 2.03. The highest BCUT2D eigenvalue weighted by molar-refractivity contribution is 7.80. The Morgan fingerprint density at radius 2 is 1.57 bits per heavy atom. The largest absolute Gasteiger partial charge is 0.362 e. The lowest BCUT2D eigenvalue weighted by molar-refractivity contribution is 0.563. The van der Waals surface area contributed by atoms with Gasteiger partial charge in [-0.25, -0.2) is 0 Å². The standard InChI is InChI=1S/C18H28Cl2N2S/c1-2-3-4-5-6-7-8-9-10-13-21-18(23)22-17-14-15(19)11-12-16(17)20/h11-12,14H,2-10,13H2,1H3,(H2,21,22,23). The number of halogens is 2. The second-order valence-electron chi connectivity index (χ2n) is 5.83. The number of anilines is 1. The van der Waals surface area contributed by atoms with Gasteiger partial charge in [0, 0.05) is 11.6 Å². The molecule has 0 amide bonds. The van der Waals surface area contributed by atoms with Gasteiger partial charge in [-0.05, 0) is 36.8 Å². The van der Waals surface area contributed by atoms with Crippen LogP contribution in [0, 0.1) is 0 Å². The summed E-state index contributed by atoms with van der Waals surface area (Å²) in [5, 5.41) is 8.14. The molecule has 1 aromatic rings. The van der Waals surface area contributed by atoms with Crippen molar-refractivity contribution in [2.24, 2.45) is 0 Å². The van der Waals surface area contributed by atoms with E-state index in [4.69, 9.17) is 35.4 Å². The van der Waals surface area contributed by atoms with Gasteiger partial charge in [-0.1, -0.05) is 81.5 Å². The maximum absolute atomic E-state index is 6.10. The van der Waals surface area contributed by atoms with Crippen molar-refractivity contribution in [1.82, 2.24) is 5.32 Å². The van der Waals surface area contributed by atoms with Crippen molar-refractivity contribution in [1.29, 1.82) is 0 Å². The van der Waals surface area contributed by atoms with Crippen molar-refractivity contribution in [2.75, 3.05) is 11.9 Å². The Morgan fingerprint density at radius 3 is 2.22 bits per heavy atom. The number of benzene rings is 1. The molecular formula is C18H28Cl2N2S. The monoisotopic (exact) mass is 374 g/mol. The van der Waals surface area contributed by atoms with E-state index in [0.717, 1.165) is 18.7 Å². The maximum atomic E-state index is 6.10. The van der Waals surface area contributed by atoms with E-state index >= 15 is 0 Å². The molecule has 0 bridgehead atoms. The normalized spacial score (nSPS) is 10.6. The molecule has 0 fully saturated rings. The first kappa shape index (κ1) is 20.5. The summed E-state index contributed by atoms with van der Waals surface area (Å²) in [7, 11) is 0. The average Bonchev–Trinajstić information content (AvgIpc) is 2.53. The Labute approximate surface area is 156 Å². The van der Waals surface area contributed by atoms with E-state index < -0.39 is 0 Å². The Morgan fingerprint density at radius 1 is 0.957 bits per heavy atom. The molecular weight excluding hydrogens is 347 g/mol. The molecule has 0 atom stereocenters. The van der Waals surface area contributed by atoms with E-state index in [1.54, 1.807) is 18.2 Å². The molecule has 5 heteroatoms. The highest BCUT2D eigenvalue weighted by Crippen LogP contribution is 2.25. The van der Waals surface area contributed by atoms with E-state index in [1.165, 1.54) is 51.4 Å². The summed E-state index contributed by atoms with van der Waals surface area (Å²) >= 11 is 17.3. The van der Waals surface area contributed by atoms with E-state index in [9.17, 15) is 0 Å². The number of thiocarbonyl (C=S) groups is 1. The first-order valence-corrected chi connectivity index (χ1v) is 9.79. The van der Waals surface area contributed by atoms with Gasteiger partial charge in [0.25, 0.3) is 0 Å². The predicted molar refractivity (Wildman–Crippen MR) is 108 cm³/mol. The highest BCUT2D eigenvalue weighted by Gasteiger charge is 2.03. The van der Waals surface area contributed by atoms with Crippen molar-refractivity contribution in [3.8, 4) is 0 Å². The molecule has 0 aliphatic rings. The minimum atomic E-state index is 0.591. The number of hydrogen-bond donors (Lipinski definition) is 2. The average molecular weight is 375 g/mol. The van der Waals surface area contributed by atoms with Crippen molar-refractivity contribution >= 4 is 46.2 Å². The van der Waals surface area contributed by atoms with Crippen LogP contribution in [-0.2, 0) is 0 Å². The zero-order valence-corrected chi connectivity index (χ0v) is 16.3. The zero-order chi connectivity index (χ0) is 16.9. The smallest absolute Gasteiger partial charge is 0.170 e. The summed E-state index contributed by atoms with van der Waals surface area (Å²) in [6, 6.07) is 5.29. The fourth-order valence-electron chi connectivity index (χ4n) is 2.40. The van der Waals surface area contributed by atoms with E-state index in [1.807, 2.05) is 0 Å². The molecule has 0 radical (unpaired) electrons. The molecule has 23 heavy (non-hydrogen) atoms. The molecule has 2 nitrogen and oxygen atoms in total. The number of nitrogens with one attached hydrogen (secondary N) is 2. The lowest BCUT2D eigenvalue weighted by Crippen LogP contribution is -2.29. The van der Waals surface area contributed by atoms with E-state index in [2.05, 4.69) is 17.6 Å².